The van der Waals surface area contributed by atoms with Gasteiger partial charge in [0.15, 0.2) is 0 Å². The molecule has 0 atom stereocenters. The van der Waals surface area contributed by atoms with Gasteiger partial charge >= 0.3 is 0 Å². The molecule has 0 fully saturated rings. The van der Waals surface area contributed by atoms with Crippen LogP contribution in [-0.4, -0.2) is 41.9 Å². The van der Waals surface area contributed by atoms with Crippen molar-refractivity contribution in [2.75, 3.05) is 32.5 Å². The summed E-state index contributed by atoms with van der Waals surface area (Å²) < 4.78 is 2.04. The Bertz CT molecular complexity index is 523. The first kappa shape index (κ1) is 18.2. The van der Waals surface area contributed by atoms with Crippen LogP contribution in [0, 0.1) is 11.3 Å². The van der Waals surface area contributed by atoms with E-state index in [1.54, 1.807) is 6.20 Å². The molecule has 120 valence electrons. The van der Waals surface area contributed by atoms with E-state index in [9.17, 15) is 4.79 Å². The largest absolute Gasteiger partial charge is 0.382 e. The highest BCUT2D eigenvalue weighted by Gasteiger charge is 2.22. The van der Waals surface area contributed by atoms with E-state index >= 15 is 0 Å². The van der Waals surface area contributed by atoms with Crippen LogP contribution in [0.2, 0.25) is 0 Å². The number of hydrogen-bond donors (Lipinski definition) is 1. The number of anilines is 1. The Balaban J connectivity index is 2.83. The summed E-state index contributed by atoms with van der Waals surface area (Å²) in [5.74, 6) is 0.553. The second-order valence-electron chi connectivity index (χ2n) is 6.70. The van der Waals surface area contributed by atoms with Gasteiger partial charge in [0.05, 0.1) is 18.4 Å². The van der Waals surface area contributed by atoms with Gasteiger partial charge in [0.2, 0.25) is 0 Å². The predicted octanol–water partition coefficient (Wildman–Crippen LogP) is 2.66. The minimum absolute atomic E-state index is 0.0933. The summed E-state index contributed by atoms with van der Waals surface area (Å²) in [6, 6.07) is 0. The number of nitrogens with zero attached hydrogens (tertiary/aromatic N) is 3. The second-order valence-corrected chi connectivity index (χ2v) is 7.49. The third-order valence-electron chi connectivity index (χ3n) is 4.04. The monoisotopic (exact) mass is 358 g/mol. The molecule has 0 unspecified atom stereocenters. The molecule has 1 heterocycles. The molecule has 0 amide bonds. The van der Waals surface area contributed by atoms with E-state index in [-0.39, 0.29) is 11.0 Å². The maximum absolute atomic E-state index is 12.3. The molecular formula is C15H27BrN4O. The molecule has 0 aromatic carbocycles. The van der Waals surface area contributed by atoms with Crippen molar-refractivity contribution in [1.82, 2.24) is 14.7 Å². The molecule has 0 aliphatic carbocycles. The molecule has 5 nitrogen and oxygen atoms in total. The SMILES string of the molecule is CC(C)C(C)(C)CNc1cnn(CCN(C)C)c(=O)c1Br. The van der Waals surface area contributed by atoms with Crippen LogP contribution in [0.15, 0.2) is 15.5 Å². The summed E-state index contributed by atoms with van der Waals surface area (Å²) in [5, 5.41) is 7.58. The average Bonchev–Trinajstić information content (AvgIpc) is 2.39. The molecule has 1 rings (SSSR count). The number of likely N-dealkylation sites (N-methyl/N-ethyl adjacent to an activating group) is 1. The van der Waals surface area contributed by atoms with Crippen LogP contribution in [0.5, 0.6) is 0 Å². The topological polar surface area (TPSA) is 50.2 Å². The van der Waals surface area contributed by atoms with Gasteiger partial charge < -0.3 is 10.2 Å². The summed E-state index contributed by atoms with van der Waals surface area (Å²) in [4.78, 5) is 14.3. The Morgan fingerprint density at radius 2 is 2.05 bits per heavy atom. The van der Waals surface area contributed by atoms with Crippen molar-refractivity contribution >= 4 is 21.6 Å². The van der Waals surface area contributed by atoms with Gasteiger partial charge in [-0.3, -0.25) is 4.79 Å². The van der Waals surface area contributed by atoms with Crippen molar-refractivity contribution in [2.45, 2.75) is 34.2 Å². The molecule has 0 spiro atoms. The van der Waals surface area contributed by atoms with E-state index in [0.29, 0.717) is 16.9 Å². The van der Waals surface area contributed by atoms with Gasteiger partial charge in [-0.25, -0.2) is 4.68 Å². The first-order chi connectivity index (χ1) is 9.65. The number of halogens is 1. The maximum Gasteiger partial charge on any atom is 0.283 e. The van der Waals surface area contributed by atoms with Crippen molar-refractivity contribution in [2.24, 2.45) is 11.3 Å². The van der Waals surface area contributed by atoms with Crippen molar-refractivity contribution in [3.63, 3.8) is 0 Å². The molecule has 21 heavy (non-hydrogen) atoms. The first-order valence-electron chi connectivity index (χ1n) is 7.29. The van der Waals surface area contributed by atoms with Crippen molar-refractivity contribution in [3.05, 3.63) is 21.0 Å². The Morgan fingerprint density at radius 3 is 2.57 bits per heavy atom. The second kappa shape index (κ2) is 7.40. The Hall–Kier alpha value is -0.880. The van der Waals surface area contributed by atoms with Gasteiger partial charge in [-0.15, -0.1) is 0 Å². The smallest absolute Gasteiger partial charge is 0.283 e. The number of aromatic nitrogens is 2. The van der Waals surface area contributed by atoms with Crippen molar-refractivity contribution in [3.8, 4) is 0 Å². The normalized spacial score (nSPS) is 12.2. The zero-order chi connectivity index (χ0) is 16.2. The minimum atomic E-state index is -0.0933. The predicted molar refractivity (Wildman–Crippen MR) is 91.9 cm³/mol. The number of rotatable bonds is 7. The molecule has 1 N–H and O–H groups in total. The molecule has 0 bridgehead atoms. The lowest BCUT2D eigenvalue weighted by Gasteiger charge is -2.30. The Kier molecular flexibility index (Phi) is 6.41. The van der Waals surface area contributed by atoms with Crippen LogP contribution in [-0.2, 0) is 6.54 Å². The fourth-order valence-corrected chi connectivity index (χ4v) is 2.02. The molecule has 1 aromatic rings. The van der Waals surface area contributed by atoms with Gasteiger partial charge in [-0.2, -0.15) is 5.10 Å². The van der Waals surface area contributed by atoms with Crippen LogP contribution in [0.1, 0.15) is 27.7 Å². The van der Waals surface area contributed by atoms with E-state index in [1.807, 2.05) is 19.0 Å². The van der Waals surface area contributed by atoms with E-state index in [4.69, 9.17) is 0 Å². The van der Waals surface area contributed by atoms with Crippen LogP contribution < -0.4 is 10.9 Å². The quantitative estimate of drug-likeness (QED) is 0.813. The number of hydrogen-bond acceptors (Lipinski definition) is 4. The molecule has 0 aliphatic heterocycles. The van der Waals surface area contributed by atoms with Crippen LogP contribution in [0.25, 0.3) is 0 Å². The van der Waals surface area contributed by atoms with Crippen LogP contribution in [0.4, 0.5) is 5.69 Å². The highest BCUT2D eigenvalue weighted by atomic mass is 79.9. The fraction of sp³-hybridized carbons (Fsp3) is 0.733. The van der Waals surface area contributed by atoms with Gasteiger partial charge in [-0.05, 0) is 41.4 Å². The molecular weight excluding hydrogens is 332 g/mol. The molecule has 0 saturated carbocycles. The molecule has 0 aliphatic rings. The maximum atomic E-state index is 12.3. The lowest BCUT2D eigenvalue weighted by atomic mass is 9.81. The Labute approximate surface area is 135 Å². The summed E-state index contributed by atoms with van der Waals surface area (Å²) in [6.45, 7) is 11.0. The van der Waals surface area contributed by atoms with E-state index in [1.165, 1.54) is 4.68 Å². The Morgan fingerprint density at radius 1 is 1.43 bits per heavy atom. The zero-order valence-corrected chi connectivity index (χ0v) is 15.5. The van der Waals surface area contributed by atoms with Gasteiger partial charge in [-0.1, -0.05) is 27.7 Å². The van der Waals surface area contributed by atoms with E-state index in [2.05, 4.69) is 54.0 Å². The fourth-order valence-electron chi connectivity index (χ4n) is 1.57. The number of nitrogens with one attached hydrogen (secondary N) is 1. The molecule has 0 radical (unpaired) electrons. The molecule has 0 saturated heterocycles. The minimum Gasteiger partial charge on any atom is -0.382 e. The molecule has 6 heteroatoms. The highest BCUT2D eigenvalue weighted by Crippen LogP contribution is 2.27. The van der Waals surface area contributed by atoms with Gasteiger partial charge in [0, 0.05) is 13.1 Å². The zero-order valence-electron chi connectivity index (χ0n) is 13.9. The summed E-state index contributed by atoms with van der Waals surface area (Å²) in [7, 11) is 3.95. The van der Waals surface area contributed by atoms with E-state index < -0.39 is 0 Å². The van der Waals surface area contributed by atoms with Gasteiger partial charge in [0.1, 0.15) is 4.47 Å². The van der Waals surface area contributed by atoms with Crippen LogP contribution in [0.3, 0.4) is 0 Å². The molecule has 1 aromatic heterocycles. The third kappa shape index (κ3) is 5.11. The van der Waals surface area contributed by atoms with Crippen molar-refractivity contribution in [1.29, 1.82) is 0 Å². The summed E-state index contributed by atoms with van der Waals surface area (Å²) >= 11 is 3.39. The first-order valence-corrected chi connectivity index (χ1v) is 8.08. The standard InChI is InChI=1S/C15H27BrN4O/c1-11(2)15(3,4)10-17-12-9-18-20(8-7-19(5)6)14(21)13(12)16/h9,11,17H,7-8,10H2,1-6H3. The summed E-state index contributed by atoms with van der Waals surface area (Å²) in [6.07, 6.45) is 1.72. The van der Waals surface area contributed by atoms with E-state index in [0.717, 1.165) is 18.8 Å². The van der Waals surface area contributed by atoms with Gasteiger partial charge in [0.25, 0.3) is 5.56 Å². The summed E-state index contributed by atoms with van der Waals surface area (Å²) in [5.41, 5.74) is 0.818. The third-order valence-corrected chi connectivity index (χ3v) is 4.81. The highest BCUT2D eigenvalue weighted by molar-refractivity contribution is 9.10. The van der Waals surface area contributed by atoms with Crippen molar-refractivity contribution < 1.29 is 0 Å². The lowest BCUT2D eigenvalue weighted by Crippen LogP contribution is -2.31. The lowest BCUT2D eigenvalue weighted by molar-refractivity contribution is 0.269. The van der Waals surface area contributed by atoms with Crippen LogP contribution >= 0.6 is 15.9 Å². The average molecular weight is 359 g/mol.